The summed E-state index contributed by atoms with van der Waals surface area (Å²) in [6.45, 7) is 6.35. The highest BCUT2D eigenvalue weighted by atomic mass is 35.5. The van der Waals surface area contributed by atoms with E-state index < -0.39 is 0 Å². The molecule has 5 heteroatoms. The zero-order chi connectivity index (χ0) is 14.4. The van der Waals surface area contributed by atoms with Crippen molar-refractivity contribution >= 4 is 39.0 Å². The topological polar surface area (TPSA) is 43.8 Å². The number of nitrogens with zero attached hydrogens (tertiary/aromatic N) is 2. The Morgan fingerprint density at radius 3 is 2.65 bits per heavy atom. The quantitative estimate of drug-likeness (QED) is 0.732. The second kappa shape index (κ2) is 4.79. The number of nitrogen functional groups attached to an aromatic ring is 1. The van der Waals surface area contributed by atoms with E-state index in [1.54, 1.807) is 11.3 Å². The van der Waals surface area contributed by atoms with Crippen LogP contribution in [0.3, 0.4) is 0 Å². The van der Waals surface area contributed by atoms with Crippen LogP contribution in [0.25, 0.3) is 22.4 Å². The van der Waals surface area contributed by atoms with Crippen LogP contribution in [0.2, 0.25) is 5.02 Å². The zero-order valence-corrected chi connectivity index (χ0v) is 13.2. The molecule has 3 nitrogen and oxygen atoms in total. The van der Waals surface area contributed by atoms with Crippen LogP contribution in [0.5, 0.6) is 0 Å². The van der Waals surface area contributed by atoms with Gasteiger partial charge in [0.05, 0.1) is 21.6 Å². The third-order valence-electron chi connectivity index (χ3n) is 3.29. The van der Waals surface area contributed by atoms with Crippen LogP contribution in [0.4, 0.5) is 5.00 Å². The lowest BCUT2D eigenvalue weighted by Crippen LogP contribution is -2.03. The molecule has 0 radical (unpaired) electrons. The van der Waals surface area contributed by atoms with Gasteiger partial charge in [0.25, 0.3) is 0 Å². The van der Waals surface area contributed by atoms with E-state index in [0.29, 0.717) is 11.1 Å². The molecule has 0 bridgehead atoms. The van der Waals surface area contributed by atoms with E-state index in [2.05, 4.69) is 31.4 Å². The Kier molecular flexibility index (Phi) is 3.22. The summed E-state index contributed by atoms with van der Waals surface area (Å²) in [6.07, 6.45) is 0. The average molecular weight is 306 g/mol. The monoisotopic (exact) mass is 305 g/mol. The van der Waals surface area contributed by atoms with Crippen molar-refractivity contribution in [2.45, 2.75) is 26.8 Å². The largest absolute Gasteiger partial charge is 0.390 e. The SMILES string of the molecule is Cc1cc(-c2nc3cc(Cl)ccc3n2C(C)C)c(N)s1. The van der Waals surface area contributed by atoms with Gasteiger partial charge in [0.2, 0.25) is 0 Å². The number of hydrogen-bond acceptors (Lipinski definition) is 3. The van der Waals surface area contributed by atoms with E-state index in [9.17, 15) is 0 Å². The number of anilines is 1. The molecule has 0 amide bonds. The summed E-state index contributed by atoms with van der Waals surface area (Å²) < 4.78 is 2.21. The third kappa shape index (κ3) is 2.09. The molecular weight excluding hydrogens is 290 g/mol. The second-order valence-corrected chi connectivity index (χ2v) is 6.89. The fraction of sp³-hybridized carbons (Fsp3) is 0.267. The van der Waals surface area contributed by atoms with Crippen LogP contribution < -0.4 is 5.73 Å². The lowest BCUT2D eigenvalue weighted by atomic mass is 10.2. The molecule has 2 N–H and O–H groups in total. The molecule has 0 aliphatic heterocycles. The van der Waals surface area contributed by atoms with Gasteiger partial charge in [-0.3, -0.25) is 0 Å². The Morgan fingerprint density at radius 1 is 1.30 bits per heavy atom. The number of benzene rings is 1. The van der Waals surface area contributed by atoms with E-state index in [-0.39, 0.29) is 0 Å². The Labute approximate surface area is 127 Å². The first-order chi connectivity index (χ1) is 9.47. The fourth-order valence-electron chi connectivity index (χ4n) is 2.49. The van der Waals surface area contributed by atoms with Crippen molar-refractivity contribution in [2.75, 3.05) is 5.73 Å². The summed E-state index contributed by atoms with van der Waals surface area (Å²) in [5.74, 6) is 0.916. The smallest absolute Gasteiger partial charge is 0.144 e. The Hall–Kier alpha value is -1.52. The van der Waals surface area contributed by atoms with Gasteiger partial charge in [-0.05, 0) is 45.0 Å². The Morgan fingerprint density at radius 2 is 2.05 bits per heavy atom. The van der Waals surface area contributed by atoms with E-state index in [4.69, 9.17) is 22.3 Å². The molecule has 0 atom stereocenters. The van der Waals surface area contributed by atoms with Crippen molar-refractivity contribution < 1.29 is 0 Å². The molecule has 104 valence electrons. The summed E-state index contributed by atoms with van der Waals surface area (Å²) in [5, 5.41) is 1.51. The molecule has 1 aromatic carbocycles. The predicted molar refractivity (Wildman–Crippen MR) is 87.6 cm³/mol. The maximum absolute atomic E-state index is 6.13. The first-order valence-electron chi connectivity index (χ1n) is 6.51. The van der Waals surface area contributed by atoms with E-state index in [1.807, 2.05) is 18.2 Å². The number of nitrogens with two attached hydrogens (primary N) is 1. The van der Waals surface area contributed by atoms with Crippen molar-refractivity contribution in [3.05, 3.63) is 34.2 Å². The molecule has 0 aliphatic rings. The number of thiophene rings is 1. The maximum Gasteiger partial charge on any atom is 0.144 e. The maximum atomic E-state index is 6.13. The van der Waals surface area contributed by atoms with Crippen LogP contribution in [-0.2, 0) is 0 Å². The number of aromatic nitrogens is 2. The van der Waals surface area contributed by atoms with Crippen molar-refractivity contribution in [3.8, 4) is 11.4 Å². The Bertz CT molecular complexity index is 786. The molecule has 20 heavy (non-hydrogen) atoms. The van der Waals surface area contributed by atoms with Crippen LogP contribution >= 0.6 is 22.9 Å². The summed E-state index contributed by atoms with van der Waals surface area (Å²) in [7, 11) is 0. The molecule has 0 aliphatic carbocycles. The average Bonchev–Trinajstić information content (AvgIpc) is 2.88. The lowest BCUT2D eigenvalue weighted by molar-refractivity contribution is 0.624. The first-order valence-corrected chi connectivity index (χ1v) is 7.70. The molecule has 3 aromatic rings. The van der Waals surface area contributed by atoms with Crippen LogP contribution in [0, 0.1) is 6.92 Å². The highest BCUT2D eigenvalue weighted by Gasteiger charge is 2.18. The zero-order valence-electron chi connectivity index (χ0n) is 11.6. The highest BCUT2D eigenvalue weighted by molar-refractivity contribution is 7.16. The summed E-state index contributed by atoms with van der Waals surface area (Å²) in [4.78, 5) is 5.94. The molecule has 0 fully saturated rings. The van der Waals surface area contributed by atoms with E-state index in [0.717, 1.165) is 27.4 Å². The van der Waals surface area contributed by atoms with Gasteiger partial charge in [0.1, 0.15) is 5.82 Å². The minimum atomic E-state index is 0.302. The summed E-state index contributed by atoms with van der Waals surface area (Å²) >= 11 is 7.67. The fourth-order valence-corrected chi connectivity index (χ4v) is 3.44. The van der Waals surface area contributed by atoms with Gasteiger partial charge in [-0.25, -0.2) is 4.98 Å². The van der Waals surface area contributed by atoms with Crippen LogP contribution in [0.15, 0.2) is 24.3 Å². The predicted octanol–water partition coefficient (Wildman–Crippen LogP) is 4.89. The van der Waals surface area contributed by atoms with Gasteiger partial charge in [0, 0.05) is 15.9 Å². The molecule has 2 aromatic heterocycles. The van der Waals surface area contributed by atoms with Crippen molar-refractivity contribution in [3.63, 3.8) is 0 Å². The molecule has 0 unspecified atom stereocenters. The van der Waals surface area contributed by atoms with Gasteiger partial charge < -0.3 is 10.3 Å². The van der Waals surface area contributed by atoms with Crippen LogP contribution in [-0.4, -0.2) is 9.55 Å². The molecule has 2 heterocycles. The summed E-state index contributed by atoms with van der Waals surface area (Å²) in [6, 6.07) is 8.21. The van der Waals surface area contributed by atoms with Gasteiger partial charge in [-0.2, -0.15) is 0 Å². The van der Waals surface area contributed by atoms with Gasteiger partial charge >= 0.3 is 0 Å². The van der Waals surface area contributed by atoms with E-state index in [1.165, 1.54) is 4.88 Å². The highest BCUT2D eigenvalue weighted by Crippen LogP contribution is 2.36. The molecular formula is C15H16ClN3S. The number of aryl methyl sites for hydroxylation is 1. The number of fused-ring (bicyclic) bond motifs is 1. The number of halogens is 1. The van der Waals surface area contributed by atoms with Crippen molar-refractivity contribution in [2.24, 2.45) is 0 Å². The van der Waals surface area contributed by atoms with E-state index >= 15 is 0 Å². The van der Waals surface area contributed by atoms with Gasteiger partial charge in [0.15, 0.2) is 0 Å². The minimum Gasteiger partial charge on any atom is -0.390 e. The summed E-state index contributed by atoms with van der Waals surface area (Å²) in [5.41, 5.74) is 9.13. The minimum absolute atomic E-state index is 0.302. The van der Waals surface area contributed by atoms with Gasteiger partial charge in [-0.1, -0.05) is 11.6 Å². The van der Waals surface area contributed by atoms with Crippen LogP contribution in [0.1, 0.15) is 24.8 Å². The number of hydrogen-bond donors (Lipinski definition) is 1. The third-order valence-corrected chi connectivity index (χ3v) is 4.41. The molecule has 0 saturated heterocycles. The normalized spacial score (nSPS) is 11.7. The molecule has 3 rings (SSSR count). The van der Waals surface area contributed by atoms with Crippen molar-refractivity contribution in [1.82, 2.24) is 9.55 Å². The number of rotatable bonds is 2. The standard InChI is InChI=1S/C15H16ClN3S/c1-8(2)19-13-5-4-10(16)7-12(13)18-15(19)11-6-9(3)20-14(11)17/h4-8H,17H2,1-3H3. The Balaban J connectivity index is 2.34. The second-order valence-electron chi connectivity index (χ2n) is 5.17. The number of imidazole rings is 1. The van der Waals surface area contributed by atoms with Gasteiger partial charge in [-0.15, -0.1) is 11.3 Å². The van der Waals surface area contributed by atoms with Crippen molar-refractivity contribution in [1.29, 1.82) is 0 Å². The molecule has 0 spiro atoms. The first kappa shape index (κ1) is 13.5. The lowest BCUT2D eigenvalue weighted by Gasteiger charge is -2.12. The molecule has 0 saturated carbocycles.